The zero-order chi connectivity index (χ0) is 12.1. The van der Waals surface area contributed by atoms with E-state index in [1.807, 2.05) is 4.90 Å². The molecule has 0 aromatic rings. The SMILES string of the molecule is CC1CCCNC1CNC(=O)N1CCOCC1. The number of carbonyl (C=O) groups is 1. The number of nitrogens with one attached hydrogen (secondary N) is 2. The number of carbonyl (C=O) groups excluding carboxylic acids is 1. The molecule has 0 radical (unpaired) electrons. The minimum atomic E-state index is 0.0490. The number of ether oxygens (including phenoxy) is 1. The summed E-state index contributed by atoms with van der Waals surface area (Å²) in [6, 6.07) is 0.474. The van der Waals surface area contributed by atoms with Crippen molar-refractivity contribution < 1.29 is 9.53 Å². The van der Waals surface area contributed by atoms with E-state index in [1.165, 1.54) is 12.8 Å². The molecule has 0 aromatic carbocycles. The number of piperidine rings is 1. The molecule has 2 aliphatic heterocycles. The quantitative estimate of drug-likeness (QED) is 0.736. The van der Waals surface area contributed by atoms with Crippen LogP contribution < -0.4 is 10.6 Å². The van der Waals surface area contributed by atoms with Crippen LogP contribution in [0.15, 0.2) is 0 Å². The molecule has 2 saturated heterocycles. The Hall–Kier alpha value is -0.810. The van der Waals surface area contributed by atoms with Crippen LogP contribution >= 0.6 is 0 Å². The first-order chi connectivity index (χ1) is 8.27. The van der Waals surface area contributed by atoms with Crippen molar-refractivity contribution in [2.45, 2.75) is 25.8 Å². The van der Waals surface area contributed by atoms with E-state index in [-0.39, 0.29) is 6.03 Å². The van der Waals surface area contributed by atoms with Crippen molar-refractivity contribution in [1.29, 1.82) is 0 Å². The molecule has 98 valence electrons. The first-order valence-corrected chi connectivity index (χ1v) is 6.61. The van der Waals surface area contributed by atoms with E-state index < -0.39 is 0 Å². The van der Waals surface area contributed by atoms with Crippen LogP contribution in [0.4, 0.5) is 4.79 Å². The van der Waals surface area contributed by atoms with Crippen LogP contribution in [-0.4, -0.2) is 56.4 Å². The van der Waals surface area contributed by atoms with E-state index >= 15 is 0 Å². The highest BCUT2D eigenvalue weighted by Gasteiger charge is 2.22. The molecule has 17 heavy (non-hydrogen) atoms. The predicted octanol–water partition coefficient (Wildman–Crippen LogP) is 0.416. The van der Waals surface area contributed by atoms with Crippen LogP contribution in [0.3, 0.4) is 0 Å². The van der Waals surface area contributed by atoms with Gasteiger partial charge in [-0.15, -0.1) is 0 Å². The molecule has 0 bridgehead atoms. The fraction of sp³-hybridized carbons (Fsp3) is 0.917. The van der Waals surface area contributed by atoms with E-state index in [4.69, 9.17) is 4.74 Å². The van der Waals surface area contributed by atoms with Gasteiger partial charge in [0.15, 0.2) is 0 Å². The van der Waals surface area contributed by atoms with Crippen LogP contribution in [0.1, 0.15) is 19.8 Å². The second-order valence-corrected chi connectivity index (χ2v) is 4.97. The van der Waals surface area contributed by atoms with Crippen molar-refractivity contribution in [2.24, 2.45) is 5.92 Å². The van der Waals surface area contributed by atoms with E-state index in [0.717, 1.165) is 13.1 Å². The highest BCUT2D eigenvalue weighted by Crippen LogP contribution is 2.14. The van der Waals surface area contributed by atoms with Gasteiger partial charge in [0.2, 0.25) is 0 Å². The molecule has 2 rings (SSSR count). The molecule has 2 amide bonds. The summed E-state index contributed by atoms with van der Waals surface area (Å²) in [4.78, 5) is 13.7. The van der Waals surface area contributed by atoms with Crippen LogP contribution in [0.5, 0.6) is 0 Å². The average molecular weight is 241 g/mol. The Labute approximate surface area is 103 Å². The Balaban J connectivity index is 1.71. The Morgan fingerprint density at radius 2 is 2.24 bits per heavy atom. The van der Waals surface area contributed by atoms with Crippen molar-refractivity contribution in [2.75, 3.05) is 39.4 Å². The molecule has 2 aliphatic rings. The third-order valence-corrected chi connectivity index (χ3v) is 3.70. The third-order valence-electron chi connectivity index (χ3n) is 3.70. The van der Waals surface area contributed by atoms with Gasteiger partial charge in [0.1, 0.15) is 0 Å². The molecule has 2 heterocycles. The van der Waals surface area contributed by atoms with Gasteiger partial charge >= 0.3 is 6.03 Å². The second kappa shape index (κ2) is 6.21. The van der Waals surface area contributed by atoms with Crippen LogP contribution in [0, 0.1) is 5.92 Å². The lowest BCUT2D eigenvalue weighted by Crippen LogP contribution is -2.52. The molecular formula is C12H23N3O2. The van der Waals surface area contributed by atoms with Gasteiger partial charge in [0, 0.05) is 25.7 Å². The van der Waals surface area contributed by atoms with E-state index in [1.54, 1.807) is 0 Å². The van der Waals surface area contributed by atoms with Gasteiger partial charge in [-0.25, -0.2) is 4.79 Å². The smallest absolute Gasteiger partial charge is 0.317 e. The fourth-order valence-electron chi connectivity index (χ4n) is 2.46. The maximum Gasteiger partial charge on any atom is 0.317 e. The Morgan fingerprint density at radius 1 is 1.47 bits per heavy atom. The summed E-state index contributed by atoms with van der Waals surface area (Å²) in [6.45, 7) is 6.79. The van der Waals surface area contributed by atoms with Crippen LogP contribution in [0.2, 0.25) is 0 Å². The molecular weight excluding hydrogens is 218 g/mol. The lowest BCUT2D eigenvalue weighted by atomic mass is 9.93. The number of rotatable bonds is 2. The zero-order valence-corrected chi connectivity index (χ0v) is 10.6. The van der Waals surface area contributed by atoms with Crippen molar-refractivity contribution in [1.82, 2.24) is 15.5 Å². The second-order valence-electron chi connectivity index (χ2n) is 4.97. The van der Waals surface area contributed by atoms with Crippen LogP contribution in [0.25, 0.3) is 0 Å². The van der Waals surface area contributed by atoms with Crippen LogP contribution in [-0.2, 0) is 4.74 Å². The molecule has 2 fully saturated rings. The normalized spacial score (nSPS) is 30.1. The van der Waals surface area contributed by atoms with Crippen molar-refractivity contribution >= 4 is 6.03 Å². The Kier molecular flexibility index (Phi) is 4.62. The molecule has 2 atom stereocenters. The van der Waals surface area contributed by atoms with Gasteiger partial charge in [-0.3, -0.25) is 0 Å². The molecule has 0 aliphatic carbocycles. The van der Waals surface area contributed by atoms with E-state index in [0.29, 0.717) is 38.3 Å². The minimum Gasteiger partial charge on any atom is -0.378 e. The summed E-state index contributed by atoms with van der Waals surface area (Å²) >= 11 is 0. The number of amides is 2. The van der Waals surface area contributed by atoms with Gasteiger partial charge in [0.25, 0.3) is 0 Å². The summed E-state index contributed by atoms with van der Waals surface area (Å²) in [5.41, 5.74) is 0. The summed E-state index contributed by atoms with van der Waals surface area (Å²) in [7, 11) is 0. The van der Waals surface area contributed by atoms with E-state index in [2.05, 4.69) is 17.6 Å². The van der Waals surface area contributed by atoms with Crippen molar-refractivity contribution in [3.05, 3.63) is 0 Å². The van der Waals surface area contributed by atoms with Gasteiger partial charge < -0.3 is 20.3 Å². The van der Waals surface area contributed by atoms with Gasteiger partial charge in [-0.1, -0.05) is 6.92 Å². The lowest BCUT2D eigenvalue weighted by molar-refractivity contribution is 0.0529. The van der Waals surface area contributed by atoms with Crippen molar-refractivity contribution in [3.63, 3.8) is 0 Å². The predicted molar refractivity (Wildman–Crippen MR) is 66.0 cm³/mol. The van der Waals surface area contributed by atoms with E-state index in [9.17, 15) is 4.79 Å². The summed E-state index contributed by atoms with van der Waals surface area (Å²) in [5, 5.41) is 6.49. The molecule has 0 spiro atoms. The van der Waals surface area contributed by atoms with Gasteiger partial charge in [0.05, 0.1) is 13.2 Å². The topological polar surface area (TPSA) is 53.6 Å². The molecule has 2 N–H and O–H groups in total. The average Bonchev–Trinajstić information content (AvgIpc) is 2.38. The first kappa shape index (κ1) is 12.6. The number of urea groups is 1. The van der Waals surface area contributed by atoms with Gasteiger partial charge in [-0.05, 0) is 25.3 Å². The third kappa shape index (κ3) is 3.57. The monoisotopic (exact) mass is 241 g/mol. The molecule has 5 heteroatoms. The molecule has 2 unspecified atom stereocenters. The standard InChI is InChI=1S/C12H23N3O2/c1-10-3-2-4-13-11(10)9-14-12(16)15-5-7-17-8-6-15/h10-11,13H,2-9H2,1H3,(H,14,16). The number of hydrogen-bond acceptors (Lipinski definition) is 3. The highest BCUT2D eigenvalue weighted by atomic mass is 16.5. The molecule has 5 nitrogen and oxygen atoms in total. The lowest BCUT2D eigenvalue weighted by Gasteiger charge is -2.32. The summed E-state index contributed by atoms with van der Waals surface area (Å²) in [6.07, 6.45) is 2.50. The largest absolute Gasteiger partial charge is 0.378 e. The highest BCUT2D eigenvalue weighted by molar-refractivity contribution is 5.74. The Morgan fingerprint density at radius 3 is 2.94 bits per heavy atom. The maximum atomic E-state index is 11.9. The maximum absolute atomic E-state index is 11.9. The van der Waals surface area contributed by atoms with Gasteiger partial charge in [-0.2, -0.15) is 0 Å². The van der Waals surface area contributed by atoms with Crippen molar-refractivity contribution in [3.8, 4) is 0 Å². The summed E-state index contributed by atoms with van der Waals surface area (Å²) < 4.78 is 5.23. The zero-order valence-electron chi connectivity index (χ0n) is 10.6. The molecule has 0 aromatic heterocycles. The summed E-state index contributed by atoms with van der Waals surface area (Å²) in [5.74, 6) is 0.647. The minimum absolute atomic E-state index is 0.0490. The number of nitrogens with zero attached hydrogens (tertiary/aromatic N) is 1. The first-order valence-electron chi connectivity index (χ1n) is 6.61. The Bertz CT molecular complexity index is 254. The number of morpholine rings is 1. The molecule has 0 saturated carbocycles. The number of hydrogen-bond donors (Lipinski definition) is 2. The fourth-order valence-corrected chi connectivity index (χ4v) is 2.46.